The Bertz CT molecular complexity index is 1350. The minimum absolute atomic E-state index is 0.0361. The van der Waals surface area contributed by atoms with Gasteiger partial charge in [-0.15, -0.1) is 17.0 Å². The third kappa shape index (κ3) is 6.53. The van der Waals surface area contributed by atoms with Crippen molar-refractivity contribution in [3.8, 4) is 22.9 Å². The van der Waals surface area contributed by atoms with E-state index in [0.29, 0.717) is 22.2 Å². The smallest absolute Gasteiger partial charge is 0.255 e. The summed E-state index contributed by atoms with van der Waals surface area (Å²) in [5.74, 6) is 4.19. The Morgan fingerprint density at radius 3 is 2.05 bits per heavy atom. The van der Waals surface area contributed by atoms with Gasteiger partial charge in [-0.2, -0.15) is 0 Å². The Labute approximate surface area is 234 Å². The fourth-order valence-electron chi connectivity index (χ4n) is 5.89. The van der Waals surface area contributed by atoms with Gasteiger partial charge in [0.25, 0.3) is 5.91 Å². The zero-order chi connectivity index (χ0) is 29.3. The highest BCUT2D eigenvalue weighted by Gasteiger charge is 2.42. The molecule has 2 nitrogen and oxygen atoms in total. The maximum absolute atomic E-state index is 15.4. The summed E-state index contributed by atoms with van der Waals surface area (Å²) in [5.41, 5.74) is 9.07. The van der Waals surface area contributed by atoms with Crippen molar-refractivity contribution in [2.45, 2.75) is 96.8 Å². The van der Waals surface area contributed by atoms with Gasteiger partial charge in [-0.1, -0.05) is 67.1 Å². The van der Waals surface area contributed by atoms with Crippen LogP contribution in [0.15, 0.2) is 30.3 Å². The Morgan fingerprint density at radius 2 is 1.49 bits per heavy atom. The van der Waals surface area contributed by atoms with Crippen LogP contribution in [0.1, 0.15) is 81.1 Å². The molecule has 0 saturated heterocycles. The number of hydrogen-bond donors (Lipinski definition) is 0. The van der Waals surface area contributed by atoms with Gasteiger partial charge in [0.15, 0.2) is 0 Å². The molecule has 1 aliphatic heterocycles. The minimum atomic E-state index is -2.06. The molecule has 3 rings (SSSR count). The highest BCUT2D eigenvalue weighted by molar-refractivity contribution is 6.90. The fourth-order valence-corrected chi connectivity index (χ4v) is 11.8. The Kier molecular flexibility index (Phi) is 9.30. The van der Waals surface area contributed by atoms with Crippen molar-refractivity contribution >= 4 is 22.1 Å². The Hall–Kier alpha value is -2.75. The van der Waals surface area contributed by atoms with E-state index in [1.807, 2.05) is 0 Å². The second kappa shape index (κ2) is 11.8. The first-order valence-corrected chi connectivity index (χ1v) is 19.4. The van der Waals surface area contributed by atoms with Crippen LogP contribution in [0.5, 0.6) is 0 Å². The summed E-state index contributed by atoms with van der Waals surface area (Å²) in [6.45, 7) is 19.5. The summed E-state index contributed by atoms with van der Waals surface area (Å²) in [6, 6.07) is 5.41. The van der Waals surface area contributed by atoms with Gasteiger partial charge in [-0.25, -0.2) is 13.2 Å². The van der Waals surface area contributed by atoms with Crippen molar-refractivity contribution in [1.29, 1.82) is 0 Å². The van der Waals surface area contributed by atoms with E-state index in [1.165, 1.54) is 11.0 Å². The zero-order valence-electron chi connectivity index (χ0n) is 24.6. The molecular weight excluding hydrogens is 528 g/mol. The van der Waals surface area contributed by atoms with Gasteiger partial charge in [-0.3, -0.25) is 4.79 Å². The minimum Gasteiger partial charge on any atom is -0.326 e. The number of halogens is 3. The number of nitrogens with zero attached hydrogens (tertiary/aromatic N) is 1. The van der Waals surface area contributed by atoms with E-state index in [2.05, 4.69) is 84.1 Å². The Morgan fingerprint density at radius 1 is 0.872 bits per heavy atom. The van der Waals surface area contributed by atoms with Crippen molar-refractivity contribution < 1.29 is 18.0 Å². The molecule has 0 aliphatic carbocycles. The summed E-state index contributed by atoms with van der Waals surface area (Å²) in [4.78, 5) is 15.1. The van der Waals surface area contributed by atoms with E-state index in [4.69, 9.17) is 0 Å². The molecule has 1 amide bonds. The second-order valence-electron chi connectivity index (χ2n) is 12.5. The van der Waals surface area contributed by atoms with Crippen LogP contribution in [0.4, 0.5) is 13.2 Å². The van der Waals surface area contributed by atoms with E-state index < -0.39 is 45.5 Å². The predicted octanol–water partition coefficient (Wildman–Crippen LogP) is 8.64. The van der Waals surface area contributed by atoms with Crippen LogP contribution in [-0.4, -0.2) is 27.0 Å². The maximum Gasteiger partial charge on any atom is 0.255 e. The molecule has 2 aromatic carbocycles. The van der Waals surface area contributed by atoms with E-state index >= 15 is 4.39 Å². The first kappa shape index (κ1) is 30.8. The van der Waals surface area contributed by atoms with Crippen LogP contribution >= 0.6 is 0 Å². The molecule has 0 spiro atoms. The Balaban J connectivity index is 2.07. The highest BCUT2D eigenvalue weighted by atomic mass is 28.3. The van der Waals surface area contributed by atoms with Crippen molar-refractivity contribution in [3.63, 3.8) is 0 Å². The number of rotatable bonds is 6. The molecule has 1 unspecified atom stereocenters. The van der Waals surface area contributed by atoms with Gasteiger partial charge >= 0.3 is 0 Å². The lowest BCUT2D eigenvalue weighted by Gasteiger charge is -2.38. The SMILES string of the molecule is CC(C)[Si](C#Cc1cc(F)c2c(c1)C(=O)N(C(CC#C[Si](C)(C)C)c1cc(F)ccc1F)C2)(C(C)C)C(C)C. The highest BCUT2D eigenvalue weighted by Crippen LogP contribution is 2.41. The van der Waals surface area contributed by atoms with Crippen LogP contribution in [0.3, 0.4) is 0 Å². The molecule has 0 fully saturated rings. The standard InChI is InChI=1S/C32H40F3NOSi2/c1-21(2)39(22(3)4,23(5)6)16-14-24-17-26-28(30(35)18-24)20-36(32(26)37)31(11-10-15-38(7,8)9)27-19-25(33)12-13-29(27)34/h12-13,17-19,21-23,31H,11,20H2,1-9H3. The fraction of sp³-hybridized carbons (Fsp3) is 0.469. The van der Waals surface area contributed by atoms with E-state index in [0.717, 1.165) is 18.2 Å². The summed E-state index contributed by atoms with van der Waals surface area (Å²) in [6.07, 6.45) is 0.129. The van der Waals surface area contributed by atoms with Gasteiger partial charge in [-0.05, 0) is 47.0 Å². The first-order valence-electron chi connectivity index (χ1n) is 13.7. The van der Waals surface area contributed by atoms with Gasteiger partial charge in [0.1, 0.15) is 33.6 Å². The monoisotopic (exact) mass is 567 g/mol. The molecule has 2 aromatic rings. The quantitative estimate of drug-likeness (QED) is 0.253. The third-order valence-electron chi connectivity index (χ3n) is 7.76. The van der Waals surface area contributed by atoms with Crippen LogP contribution in [-0.2, 0) is 6.54 Å². The van der Waals surface area contributed by atoms with Crippen LogP contribution in [0, 0.1) is 40.4 Å². The number of fused-ring (bicyclic) bond motifs is 1. The van der Waals surface area contributed by atoms with Gasteiger partial charge in [0.2, 0.25) is 0 Å². The van der Waals surface area contributed by atoms with E-state index in [-0.39, 0.29) is 29.7 Å². The lowest BCUT2D eigenvalue weighted by Crippen LogP contribution is -2.43. The molecule has 0 saturated carbocycles. The van der Waals surface area contributed by atoms with Crippen molar-refractivity contribution in [2.75, 3.05) is 0 Å². The number of carbonyl (C=O) groups is 1. The van der Waals surface area contributed by atoms with Crippen LogP contribution < -0.4 is 0 Å². The molecule has 39 heavy (non-hydrogen) atoms. The molecule has 0 bridgehead atoms. The number of carbonyl (C=O) groups excluding carboxylic acids is 1. The van der Waals surface area contributed by atoms with Crippen molar-refractivity contribution in [3.05, 3.63) is 70.0 Å². The average Bonchev–Trinajstić information content (AvgIpc) is 3.14. The molecular formula is C32H40F3NOSi2. The number of amides is 1. The van der Waals surface area contributed by atoms with Gasteiger partial charge in [0, 0.05) is 28.7 Å². The van der Waals surface area contributed by atoms with E-state index in [9.17, 15) is 13.6 Å². The molecule has 0 radical (unpaired) electrons. The average molecular weight is 568 g/mol. The summed E-state index contributed by atoms with van der Waals surface area (Å²) in [7, 11) is -3.80. The van der Waals surface area contributed by atoms with Crippen LogP contribution in [0.25, 0.3) is 0 Å². The molecule has 1 aliphatic rings. The van der Waals surface area contributed by atoms with Crippen molar-refractivity contribution in [1.82, 2.24) is 4.90 Å². The number of hydrogen-bond acceptors (Lipinski definition) is 1. The lowest BCUT2D eigenvalue weighted by atomic mass is 10.0. The largest absolute Gasteiger partial charge is 0.326 e. The van der Waals surface area contributed by atoms with Crippen molar-refractivity contribution in [2.24, 2.45) is 0 Å². The first-order chi connectivity index (χ1) is 18.1. The van der Waals surface area contributed by atoms with Crippen LogP contribution in [0.2, 0.25) is 36.3 Å². The molecule has 0 N–H and O–H groups in total. The second-order valence-corrected chi connectivity index (χ2v) is 22.8. The zero-order valence-corrected chi connectivity index (χ0v) is 26.6. The summed E-state index contributed by atoms with van der Waals surface area (Å²) >= 11 is 0. The lowest BCUT2D eigenvalue weighted by molar-refractivity contribution is 0.0700. The summed E-state index contributed by atoms with van der Waals surface area (Å²) in [5, 5.41) is 0. The topological polar surface area (TPSA) is 20.3 Å². The molecule has 208 valence electrons. The molecule has 1 atom stereocenters. The maximum atomic E-state index is 15.4. The third-order valence-corrected chi connectivity index (χ3v) is 15.0. The van der Waals surface area contributed by atoms with Gasteiger partial charge < -0.3 is 4.90 Å². The predicted molar refractivity (Wildman–Crippen MR) is 159 cm³/mol. The molecule has 1 heterocycles. The number of benzene rings is 2. The van der Waals surface area contributed by atoms with Gasteiger partial charge in [0.05, 0.1) is 12.6 Å². The molecule has 7 heteroatoms. The van der Waals surface area contributed by atoms with E-state index in [1.54, 1.807) is 6.07 Å². The summed E-state index contributed by atoms with van der Waals surface area (Å²) < 4.78 is 44.5. The normalized spacial score (nSPS) is 14.3. The molecule has 0 aromatic heterocycles.